The Labute approximate surface area is 119 Å². The van der Waals surface area contributed by atoms with E-state index in [1.165, 1.54) is 0 Å². The van der Waals surface area contributed by atoms with Crippen molar-refractivity contribution in [1.29, 1.82) is 0 Å². The van der Waals surface area contributed by atoms with Crippen molar-refractivity contribution in [3.63, 3.8) is 0 Å². The third kappa shape index (κ3) is 4.20. The minimum atomic E-state index is 0.101. The second-order valence-corrected chi connectivity index (χ2v) is 4.36. The molecule has 0 aliphatic carbocycles. The minimum absolute atomic E-state index is 0.101. The van der Waals surface area contributed by atoms with Crippen molar-refractivity contribution in [1.82, 2.24) is 9.97 Å². The molecule has 20 heavy (non-hydrogen) atoms. The normalized spacial score (nSPS) is 11.9. The summed E-state index contributed by atoms with van der Waals surface area (Å²) in [5, 5.41) is 3.37. The first-order valence-electron chi connectivity index (χ1n) is 6.54. The third-order valence-corrected chi connectivity index (χ3v) is 2.82. The Morgan fingerprint density at radius 2 is 1.95 bits per heavy atom. The van der Waals surface area contributed by atoms with Gasteiger partial charge in [-0.3, -0.25) is 9.97 Å². The predicted molar refractivity (Wildman–Crippen MR) is 77.9 cm³/mol. The molecule has 0 saturated heterocycles. The summed E-state index contributed by atoms with van der Waals surface area (Å²) in [6.07, 6.45) is 5.13. The van der Waals surface area contributed by atoms with E-state index in [0.29, 0.717) is 13.2 Å². The van der Waals surface area contributed by atoms with Crippen LogP contribution in [0.2, 0.25) is 0 Å². The third-order valence-electron chi connectivity index (χ3n) is 2.82. The molecule has 1 heterocycles. The average Bonchev–Trinajstić information content (AvgIpc) is 2.50. The summed E-state index contributed by atoms with van der Waals surface area (Å²) in [5.74, 6) is 0.833. The second kappa shape index (κ2) is 7.45. The molecule has 1 aromatic heterocycles. The Bertz CT molecular complexity index is 502. The number of nitrogens with one attached hydrogen (secondary N) is 1. The molecule has 2 aromatic rings. The number of anilines is 1. The van der Waals surface area contributed by atoms with Gasteiger partial charge in [0.25, 0.3) is 0 Å². The maximum absolute atomic E-state index is 5.52. The van der Waals surface area contributed by atoms with E-state index in [4.69, 9.17) is 9.47 Å². The highest BCUT2D eigenvalue weighted by atomic mass is 16.5. The predicted octanol–water partition coefficient (Wildman–Crippen LogP) is 2.67. The van der Waals surface area contributed by atoms with Gasteiger partial charge in [-0.15, -0.1) is 0 Å². The fourth-order valence-electron chi connectivity index (χ4n) is 1.75. The lowest BCUT2D eigenvalue weighted by molar-refractivity contribution is 0.146. The smallest absolute Gasteiger partial charge is 0.119 e. The Kier molecular flexibility index (Phi) is 5.32. The van der Waals surface area contributed by atoms with Crippen molar-refractivity contribution in [3.8, 4) is 5.75 Å². The molecule has 5 nitrogen and oxygen atoms in total. The number of hydrogen-bond acceptors (Lipinski definition) is 5. The Hall–Kier alpha value is -2.14. The van der Waals surface area contributed by atoms with Gasteiger partial charge in [0.05, 0.1) is 24.5 Å². The number of nitrogens with zero attached hydrogens (tertiary/aromatic N) is 2. The summed E-state index contributed by atoms with van der Waals surface area (Å²) in [7, 11) is 1.66. The standard InChI is InChI=1S/C15H19N3O2/c1-12(15-11-16-7-8-17-15)18-13-3-5-14(6-4-13)20-10-9-19-2/h3-8,11-12,18H,9-10H2,1-2H3. The van der Waals surface area contributed by atoms with Crippen LogP contribution in [-0.2, 0) is 4.74 Å². The maximum Gasteiger partial charge on any atom is 0.119 e. The molecule has 0 radical (unpaired) electrons. The lowest BCUT2D eigenvalue weighted by Gasteiger charge is -2.14. The van der Waals surface area contributed by atoms with E-state index in [1.54, 1.807) is 25.7 Å². The van der Waals surface area contributed by atoms with Crippen LogP contribution in [0.4, 0.5) is 5.69 Å². The Morgan fingerprint density at radius 1 is 1.15 bits per heavy atom. The molecule has 5 heteroatoms. The summed E-state index contributed by atoms with van der Waals surface area (Å²) in [5.41, 5.74) is 1.93. The van der Waals surface area contributed by atoms with E-state index in [0.717, 1.165) is 17.1 Å². The van der Waals surface area contributed by atoms with Gasteiger partial charge in [0.15, 0.2) is 0 Å². The van der Waals surface area contributed by atoms with Crippen LogP contribution in [0.1, 0.15) is 18.7 Å². The zero-order valence-electron chi connectivity index (χ0n) is 11.7. The number of ether oxygens (including phenoxy) is 2. The SMILES string of the molecule is COCCOc1ccc(NC(C)c2cnccn2)cc1. The van der Waals surface area contributed by atoms with Crippen molar-refractivity contribution in [2.45, 2.75) is 13.0 Å². The summed E-state index contributed by atoms with van der Waals surface area (Å²) >= 11 is 0. The summed E-state index contributed by atoms with van der Waals surface area (Å²) < 4.78 is 10.5. The van der Waals surface area contributed by atoms with E-state index >= 15 is 0 Å². The lowest BCUT2D eigenvalue weighted by Crippen LogP contribution is -2.08. The Morgan fingerprint density at radius 3 is 2.60 bits per heavy atom. The van der Waals surface area contributed by atoms with Crippen LogP contribution >= 0.6 is 0 Å². The molecule has 0 aliphatic heterocycles. The molecule has 0 saturated carbocycles. The Balaban J connectivity index is 1.90. The second-order valence-electron chi connectivity index (χ2n) is 4.36. The number of hydrogen-bond donors (Lipinski definition) is 1. The van der Waals surface area contributed by atoms with Gasteiger partial charge in [-0.2, -0.15) is 0 Å². The van der Waals surface area contributed by atoms with Gasteiger partial charge in [-0.1, -0.05) is 0 Å². The molecule has 1 atom stereocenters. The van der Waals surface area contributed by atoms with Crippen LogP contribution in [0.5, 0.6) is 5.75 Å². The van der Waals surface area contributed by atoms with Gasteiger partial charge < -0.3 is 14.8 Å². The molecule has 2 rings (SSSR count). The molecule has 0 aliphatic rings. The molecule has 0 fully saturated rings. The van der Waals surface area contributed by atoms with Crippen molar-refractivity contribution in [3.05, 3.63) is 48.5 Å². The van der Waals surface area contributed by atoms with Crippen molar-refractivity contribution >= 4 is 5.69 Å². The zero-order valence-corrected chi connectivity index (χ0v) is 11.7. The molecule has 0 spiro atoms. The first-order valence-corrected chi connectivity index (χ1v) is 6.54. The van der Waals surface area contributed by atoms with Gasteiger partial charge >= 0.3 is 0 Å². The number of benzene rings is 1. The molecule has 1 N–H and O–H groups in total. The van der Waals surface area contributed by atoms with Gasteiger partial charge in [0.1, 0.15) is 12.4 Å². The minimum Gasteiger partial charge on any atom is -0.491 e. The zero-order chi connectivity index (χ0) is 14.2. The van der Waals surface area contributed by atoms with Crippen LogP contribution in [0.25, 0.3) is 0 Å². The highest BCUT2D eigenvalue weighted by Gasteiger charge is 2.06. The van der Waals surface area contributed by atoms with Crippen LogP contribution in [-0.4, -0.2) is 30.3 Å². The monoisotopic (exact) mass is 273 g/mol. The fourth-order valence-corrected chi connectivity index (χ4v) is 1.75. The summed E-state index contributed by atoms with van der Waals surface area (Å²) in [4.78, 5) is 8.35. The quantitative estimate of drug-likeness (QED) is 0.786. The topological polar surface area (TPSA) is 56.3 Å². The van der Waals surface area contributed by atoms with Gasteiger partial charge in [-0.25, -0.2) is 0 Å². The van der Waals surface area contributed by atoms with E-state index in [-0.39, 0.29) is 6.04 Å². The first kappa shape index (κ1) is 14.3. The molecule has 106 valence electrons. The van der Waals surface area contributed by atoms with Crippen molar-refractivity contribution < 1.29 is 9.47 Å². The van der Waals surface area contributed by atoms with Crippen LogP contribution in [0, 0.1) is 0 Å². The van der Waals surface area contributed by atoms with Gasteiger partial charge in [0.2, 0.25) is 0 Å². The van der Waals surface area contributed by atoms with E-state index < -0.39 is 0 Å². The van der Waals surface area contributed by atoms with E-state index in [2.05, 4.69) is 15.3 Å². The summed E-state index contributed by atoms with van der Waals surface area (Å²) in [6, 6.07) is 7.93. The highest BCUT2D eigenvalue weighted by molar-refractivity contribution is 5.47. The van der Waals surface area contributed by atoms with Crippen molar-refractivity contribution in [2.75, 3.05) is 25.6 Å². The highest BCUT2D eigenvalue weighted by Crippen LogP contribution is 2.20. The van der Waals surface area contributed by atoms with Crippen molar-refractivity contribution in [2.24, 2.45) is 0 Å². The molecular formula is C15H19N3O2. The number of rotatable bonds is 7. The summed E-state index contributed by atoms with van der Waals surface area (Å²) in [6.45, 7) is 3.19. The van der Waals surface area contributed by atoms with E-state index in [1.807, 2.05) is 31.2 Å². The van der Waals surface area contributed by atoms with Crippen LogP contribution in [0.3, 0.4) is 0 Å². The van der Waals surface area contributed by atoms with Gasteiger partial charge in [0, 0.05) is 25.2 Å². The van der Waals surface area contributed by atoms with E-state index in [9.17, 15) is 0 Å². The maximum atomic E-state index is 5.52. The molecule has 1 unspecified atom stereocenters. The molecular weight excluding hydrogens is 254 g/mol. The first-order chi connectivity index (χ1) is 9.79. The fraction of sp³-hybridized carbons (Fsp3) is 0.333. The molecule has 1 aromatic carbocycles. The number of aromatic nitrogens is 2. The number of methoxy groups -OCH3 is 1. The average molecular weight is 273 g/mol. The lowest BCUT2D eigenvalue weighted by atomic mass is 10.2. The van der Waals surface area contributed by atoms with Crippen LogP contribution < -0.4 is 10.1 Å². The largest absolute Gasteiger partial charge is 0.491 e. The molecule has 0 bridgehead atoms. The van der Waals surface area contributed by atoms with Gasteiger partial charge in [-0.05, 0) is 31.2 Å². The van der Waals surface area contributed by atoms with Crippen LogP contribution in [0.15, 0.2) is 42.9 Å². The molecule has 0 amide bonds.